The van der Waals surface area contributed by atoms with Gasteiger partial charge in [-0.3, -0.25) is 0 Å². The number of carbonyl (C=O) groups is 1. The minimum Gasteiger partial charge on any atom is -0.479 e. The molecule has 0 radical (unpaired) electrons. The van der Waals surface area contributed by atoms with Gasteiger partial charge < -0.3 is 9.84 Å². The van der Waals surface area contributed by atoms with Gasteiger partial charge in [0.25, 0.3) is 0 Å². The number of aliphatic carboxylic acids is 1. The summed E-state index contributed by atoms with van der Waals surface area (Å²) in [5, 5.41) is 8.64. The summed E-state index contributed by atoms with van der Waals surface area (Å²) in [6.45, 7) is 4.65. The summed E-state index contributed by atoms with van der Waals surface area (Å²) in [4.78, 5) is 10.5. The van der Waals surface area contributed by atoms with E-state index in [-0.39, 0.29) is 5.82 Å². The maximum absolute atomic E-state index is 13.2. The zero-order valence-corrected chi connectivity index (χ0v) is 8.87. The number of halogens is 1. The summed E-state index contributed by atoms with van der Waals surface area (Å²) >= 11 is 0. The highest BCUT2D eigenvalue weighted by molar-refractivity contribution is 5.72. The first-order chi connectivity index (χ1) is 6.91. The first kappa shape index (κ1) is 11.5. The van der Waals surface area contributed by atoms with Crippen LogP contribution in [0.15, 0.2) is 12.1 Å². The number of aryl methyl sites for hydroxylation is 2. The molecule has 1 aromatic carbocycles. The molecule has 82 valence electrons. The molecule has 0 fully saturated rings. The van der Waals surface area contributed by atoms with E-state index in [0.717, 1.165) is 0 Å². The summed E-state index contributed by atoms with van der Waals surface area (Å²) in [6, 6.07) is 2.98. The Kier molecular flexibility index (Phi) is 3.29. The standard InChI is InChI=1S/C11H13FO3/c1-6-4-9(5-7(2)10(6)12)15-8(3)11(13)14/h4-5,8H,1-3H3,(H,13,14). The summed E-state index contributed by atoms with van der Waals surface area (Å²) < 4.78 is 18.4. The van der Waals surface area contributed by atoms with Crippen LogP contribution in [0.5, 0.6) is 5.75 Å². The summed E-state index contributed by atoms with van der Waals surface area (Å²) in [5.74, 6) is -0.957. The van der Waals surface area contributed by atoms with Crippen molar-refractivity contribution in [2.24, 2.45) is 0 Å². The zero-order chi connectivity index (χ0) is 11.6. The van der Waals surface area contributed by atoms with Gasteiger partial charge in [-0.1, -0.05) is 0 Å². The molecule has 0 bridgehead atoms. The number of carboxylic acids is 1. The Morgan fingerprint density at radius 2 is 1.87 bits per heavy atom. The van der Waals surface area contributed by atoms with Crippen LogP contribution in [0.4, 0.5) is 4.39 Å². The van der Waals surface area contributed by atoms with E-state index in [0.29, 0.717) is 16.9 Å². The van der Waals surface area contributed by atoms with Crippen molar-refractivity contribution < 1.29 is 19.0 Å². The van der Waals surface area contributed by atoms with E-state index in [2.05, 4.69) is 0 Å². The fraction of sp³-hybridized carbons (Fsp3) is 0.364. The van der Waals surface area contributed by atoms with Gasteiger partial charge in [-0.25, -0.2) is 9.18 Å². The predicted octanol–water partition coefficient (Wildman–Crippen LogP) is 2.29. The number of hydrogen-bond acceptors (Lipinski definition) is 2. The highest BCUT2D eigenvalue weighted by Crippen LogP contribution is 2.21. The van der Waals surface area contributed by atoms with E-state index in [9.17, 15) is 9.18 Å². The van der Waals surface area contributed by atoms with Gasteiger partial charge in [0.05, 0.1) is 0 Å². The molecule has 1 unspecified atom stereocenters. The Morgan fingerprint density at radius 3 is 2.27 bits per heavy atom. The fourth-order valence-electron chi connectivity index (χ4n) is 1.23. The normalized spacial score (nSPS) is 12.3. The molecule has 4 heteroatoms. The Morgan fingerprint density at radius 1 is 1.40 bits per heavy atom. The molecule has 1 N–H and O–H groups in total. The molecule has 0 saturated carbocycles. The van der Waals surface area contributed by atoms with E-state index < -0.39 is 12.1 Å². The van der Waals surface area contributed by atoms with Crippen LogP contribution in [0.1, 0.15) is 18.1 Å². The molecule has 0 aliphatic carbocycles. The number of hydrogen-bond donors (Lipinski definition) is 1. The van der Waals surface area contributed by atoms with Crippen molar-refractivity contribution >= 4 is 5.97 Å². The lowest BCUT2D eigenvalue weighted by atomic mass is 10.1. The van der Waals surface area contributed by atoms with Crippen molar-refractivity contribution in [3.63, 3.8) is 0 Å². The molecule has 1 atom stereocenters. The lowest BCUT2D eigenvalue weighted by Crippen LogP contribution is -2.23. The van der Waals surface area contributed by atoms with E-state index >= 15 is 0 Å². The maximum Gasteiger partial charge on any atom is 0.344 e. The summed E-state index contributed by atoms with van der Waals surface area (Å²) in [5.41, 5.74) is 0.894. The van der Waals surface area contributed by atoms with Gasteiger partial charge in [0.15, 0.2) is 6.10 Å². The van der Waals surface area contributed by atoms with Crippen LogP contribution in [0.25, 0.3) is 0 Å². The Labute approximate surface area is 87.5 Å². The van der Waals surface area contributed by atoms with Gasteiger partial charge in [-0.2, -0.15) is 0 Å². The molecule has 15 heavy (non-hydrogen) atoms. The van der Waals surface area contributed by atoms with E-state index in [1.165, 1.54) is 19.1 Å². The number of ether oxygens (including phenoxy) is 1. The molecule has 0 aliphatic rings. The third-order valence-corrected chi connectivity index (χ3v) is 2.07. The minimum atomic E-state index is -1.05. The quantitative estimate of drug-likeness (QED) is 0.836. The van der Waals surface area contributed by atoms with Crippen LogP contribution in [0.2, 0.25) is 0 Å². The molecule has 0 aliphatic heterocycles. The van der Waals surface area contributed by atoms with Gasteiger partial charge in [0.2, 0.25) is 0 Å². The monoisotopic (exact) mass is 212 g/mol. The molecular weight excluding hydrogens is 199 g/mol. The van der Waals surface area contributed by atoms with Crippen LogP contribution >= 0.6 is 0 Å². The van der Waals surface area contributed by atoms with Crippen molar-refractivity contribution in [3.8, 4) is 5.75 Å². The third kappa shape index (κ3) is 2.68. The van der Waals surface area contributed by atoms with Crippen LogP contribution in [-0.2, 0) is 4.79 Å². The van der Waals surface area contributed by atoms with Gasteiger partial charge in [-0.05, 0) is 44.0 Å². The van der Waals surface area contributed by atoms with E-state index in [4.69, 9.17) is 9.84 Å². The second kappa shape index (κ2) is 4.29. The van der Waals surface area contributed by atoms with Crippen molar-refractivity contribution in [1.29, 1.82) is 0 Å². The molecule has 0 heterocycles. The van der Waals surface area contributed by atoms with Crippen molar-refractivity contribution in [2.75, 3.05) is 0 Å². The van der Waals surface area contributed by atoms with Gasteiger partial charge in [0, 0.05) is 0 Å². The smallest absolute Gasteiger partial charge is 0.344 e. The average Bonchev–Trinajstić information content (AvgIpc) is 2.13. The maximum atomic E-state index is 13.2. The molecular formula is C11H13FO3. The van der Waals surface area contributed by atoms with Crippen LogP contribution < -0.4 is 4.74 Å². The number of rotatable bonds is 3. The van der Waals surface area contributed by atoms with E-state index in [1.807, 2.05) is 0 Å². The number of benzene rings is 1. The van der Waals surface area contributed by atoms with Gasteiger partial charge >= 0.3 is 5.97 Å². The van der Waals surface area contributed by atoms with Gasteiger partial charge in [-0.15, -0.1) is 0 Å². The Balaban J connectivity index is 2.92. The Hall–Kier alpha value is -1.58. The molecule has 1 aromatic rings. The van der Waals surface area contributed by atoms with Crippen molar-refractivity contribution in [1.82, 2.24) is 0 Å². The molecule has 0 saturated heterocycles. The average molecular weight is 212 g/mol. The van der Waals surface area contributed by atoms with Crippen LogP contribution in [-0.4, -0.2) is 17.2 Å². The van der Waals surface area contributed by atoms with Gasteiger partial charge in [0.1, 0.15) is 11.6 Å². The molecule has 1 rings (SSSR count). The third-order valence-electron chi connectivity index (χ3n) is 2.07. The molecule has 3 nitrogen and oxygen atoms in total. The van der Waals surface area contributed by atoms with E-state index in [1.54, 1.807) is 13.8 Å². The minimum absolute atomic E-state index is 0.287. The Bertz CT molecular complexity index is 364. The molecule has 0 aromatic heterocycles. The second-order valence-corrected chi connectivity index (χ2v) is 3.47. The first-order valence-electron chi connectivity index (χ1n) is 4.58. The fourth-order valence-corrected chi connectivity index (χ4v) is 1.23. The molecule has 0 spiro atoms. The van der Waals surface area contributed by atoms with Crippen molar-refractivity contribution in [2.45, 2.75) is 26.9 Å². The predicted molar refractivity (Wildman–Crippen MR) is 53.6 cm³/mol. The molecule has 0 amide bonds. The largest absolute Gasteiger partial charge is 0.479 e. The topological polar surface area (TPSA) is 46.5 Å². The zero-order valence-electron chi connectivity index (χ0n) is 8.87. The summed E-state index contributed by atoms with van der Waals surface area (Å²) in [7, 11) is 0. The van der Waals surface area contributed by atoms with Crippen LogP contribution in [0, 0.1) is 19.7 Å². The van der Waals surface area contributed by atoms with Crippen molar-refractivity contribution in [3.05, 3.63) is 29.1 Å². The number of carboxylic acid groups (broad SMARTS) is 1. The first-order valence-corrected chi connectivity index (χ1v) is 4.58. The highest BCUT2D eigenvalue weighted by atomic mass is 19.1. The lowest BCUT2D eigenvalue weighted by Gasteiger charge is -2.12. The summed E-state index contributed by atoms with van der Waals surface area (Å²) in [6.07, 6.45) is -0.936. The lowest BCUT2D eigenvalue weighted by molar-refractivity contribution is -0.144. The van der Waals surface area contributed by atoms with Crippen LogP contribution in [0.3, 0.4) is 0 Å². The highest BCUT2D eigenvalue weighted by Gasteiger charge is 2.13. The second-order valence-electron chi connectivity index (χ2n) is 3.47. The SMILES string of the molecule is Cc1cc(OC(C)C(=O)O)cc(C)c1F.